The number of rotatable bonds is 13. The van der Waals surface area contributed by atoms with Crippen LogP contribution in [0.4, 0.5) is 0 Å². The molecule has 2 aromatic heterocycles. The lowest BCUT2D eigenvalue weighted by atomic mass is 10.1. The van der Waals surface area contributed by atoms with Gasteiger partial charge in [0.1, 0.15) is 23.4 Å². The summed E-state index contributed by atoms with van der Waals surface area (Å²) in [5, 5.41) is 0. The van der Waals surface area contributed by atoms with Gasteiger partial charge in [0.15, 0.2) is 5.96 Å². The number of imidazole rings is 1. The topological polar surface area (TPSA) is 168 Å². The molecule has 1 atom stereocenters. The smallest absolute Gasteiger partial charge is 0.253 e. The summed E-state index contributed by atoms with van der Waals surface area (Å²) in [5.74, 6) is 1.23. The number of hydrogen-bond acceptors (Lipinski definition) is 6. The number of benzene rings is 3. The average molecular weight is 605 g/mol. The number of nitrogens with two attached hydrogens (primary N) is 3. The van der Waals surface area contributed by atoms with E-state index in [2.05, 4.69) is 9.98 Å². The number of fused-ring (bicyclic) bond motifs is 1. The van der Waals surface area contributed by atoms with Crippen molar-refractivity contribution in [1.29, 1.82) is 0 Å². The molecule has 0 aliphatic rings. The van der Waals surface area contributed by atoms with Crippen LogP contribution in [0, 0.1) is 0 Å². The lowest BCUT2D eigenvalue weighted by molar-refractivity contribution is -0.121. The van der Waals surface area contributed by atoms with Crippen molar-refractivity contribution in [2.24, 2.45) is 22.2 Å². The number of likely N-dealkylation sites (N-methyl/N-ethyl adjacent to an activating group) is 1. The molecule has 45 heavy (non-hydrogen) atoms. The predicted molar refractivity (Wildman–Crippen MR) is 175 cm³/mol. The van der Waals surface area contributed by atoms with Gasteiger partial charge in [0, 0.05) is 49.6 Å². The van der Waals surface area contributed by atoms with Crippen LogP contribution in [-0.2, 0) is 11.2 Å². The number of ether oxygens (including phenoxy) is 1. The second kappa shape index (κ2) is 14.2. The van der Waals surface area contributed by atoms with Crippen LogP contribution in [0.15, 0.2) is 102 Å². The summed E-state index contributed by atoms with van der Waals surface area (Å²) >= 11 is 0. The molecule has 11 nitrogen and oxygen atoms in total. The van der Waals surface area contributed by atoms with Crippen molar-refractivity contribution < 1.29 is 14.3 Å². The minimum Gasteiger partial charge on any atom is -0.457 e. The molecule has 5 aromatic rings. The second-order valence-electron chi connectivity index (χ2n) is 10.6. The van der Waals surface area contributed by atoms with Crippen molar-refractivity contribution in [3.63, 3.8) is 0 Å². The number of para-hydroxylation sites is 1. The van der Waals surface area contributed by atoms with E-state index >= 15 is 0 Å². The van der Waals surface area contributed by atoms with E-state index < -0.39 is 11.9 Å². The van der Waals surface area contributed by atoms with Gasteiger partial charge in [-0.15, -0.1) is 0 Å². The summed E-state index contributed by atoms with van der Waals surface area (Å²) in [6.07, 6.45) is 3.28. The highest BCUT2D eigenvalue weighted by molar-refractivity contribution is 5.98. The van der Waals surface area contributed by atoms with Crippen molar-refractivity contribution in [2.45, 2.75) is 25.3 Å². The number of aliphatic imine (C=N–C) groups is 1. The molecule has 3 aromatic carbocycles. The Morgan fingerprint density at radius 2 is 1.67 bits per heavy atom. The summed E-state index contributed by atoms with van der Waals surface area (Å²) < 4.78 is 7.79. The highest BCUT2D eigenvalue weighted by Gasteiger charge is 2.25. The van der Waals surface area contributed by atoms with Gasteiger partial charge in [-0.05, 0) is 79.6 Å². The highest BCUT2D eigenvalue weighted by Crippen LogP contribution is 2.33. The molecule has 5 rings (SSSR count). The Balaban J connectivity index is 1.47. The first-order valence-corrected chi connectivity index (χ1v) is 14.7. The first-order valence-electron chi connectivity index (χ1n) is 14.7. The normalized spacial score (nSPS) is 11.6. The Hall–Kier alpha value is -5.71. The first kappa shape index (κ1) is 30.7. The van der Waals surface area contributed by atoms with Crippen molar-refractivity contribution in [3.8, 4) is 22.9 Å². The first-order chi connectivity index (χ1) is 21.8. The SMILES string of the molecule is CN(CCc1ccccn1)C(=O)c1ccc2c(c1)nc(-c1ccc(Oc3ccccc3)cc1)n2[C@@H](CCCN=C(N)N)C(N)=O. The van der Waals surface area contributed by atoms with Crippen molar-refractivity contribution in [1.82, 2.24) is 19.4 Å². The number of aromatic nitrogens is 3. The van der Waals surface area contributed by atoms with Gasteiger partial charge in [-0.3, -0.25) is 19.6 Å². The zero-order chi connectivity index (χ0) is 31.8. The van der Waals surface area contributed by atoms with E-state index in [0.717, 1.165) is 11.3 Å². The average Bonchev–Trinajstić information content (AvgIpc) is 3.42. The van der Waals surface area contributed by atoms with Crippen LogP contribution in [0.25, 0.3) is 22.4 Å². The molecular formula is C34H36N8O3. The number of nitrogens with zero attached hydrogens (tertiary/aromatic N) is 5. The number of guanidine groups is 1. The predicted octanol–water partition coefficient (Wildman–Crippen LogP) is 4.29. The van der Waals surface area contributed by atoms with Gasteiger partial charge in [0.05, 0.1) is 11.0 Å². The van der Waals surface area contributed by atoms with Crippen LogP contribution in [0.2, 0.25) is 0 Å². The minimum absolute atomic E-state index is 0.0144. The number of carbonyl (C=O) groups excluding carboxylic acids is 2. The Labute approximate surface area is 261 Å². The molecular weight excluding hydrogens is 568 g/mol. The molecule has 11 heteroatoms. The largest absolute Gasteiger partial charge is 0.457 e. The summed E-state index contributed by atoms with van der Waals surface area (Å²) in [6.45, 7) is 0.855. The van der Waals surface area contributed by atoms with E-state index in [9.17, 15) is 9.59 Å². The number of hydrogen-bond donors (Lipinski definition) is 3. The van der Waals surface area contributed by atoms with Gasteiger partial charge in [0.25, 0.3) is 5.91 Å². The van der Waals surface area contributed by atoms with Crippen LogP contribution in [0.1, 0.15) is 34.9 Å². The van der Waals surface area contributed by atoms with Gasteiger partial charge < -0.3 is 31.4 Å². The molecule has 2 amide bonds. The third kappa shape index (κ3) is 7.63. The number of primary amides is 1. The molecule has 0 unspecified atom stereocenters. The molecule has 0 spiro atoms. The molecule has 0 aliphatic carbocycles. The Morgan fingerprint density at radius 3 is 2.36 bits per heavy atom. The van der Waals surface area contributed by atoms with Crippen LogP contribution < -0.4 is 21.9 Å². The van der Waals surface area contributed by atoms with Crippen molar-refractivity contribution >= 4 is 28.8 Å². The van der Waals surface area contributed by atoms with Crippen LogP contribution in [-0.4, -0.2) is 57.3 Å². The van der Waals surface area contributed by atoms with Gasteiger partial charge in [-0.2, -0.15) is 0 Å². The number of amides is 2. The molecule has 2 heterocycles. The van der Waals surface area contributed by atoms with Gasteiger partial charge in [-0.1, -0.05) is 24.3 Å². The lowest BCUT2D eigenvalue weighted by Crippen LogP contribution is -2.29. The monoisotopic (exact) mass is 604 g/mol. The fourth-order valence-corrected chi connectivity index (χ4v) is 5.09. The molecule has 230 valence electrons. The molecule has 0 saturated carbocycles. The highest BCUT2D eigenvalue weighted by atomic mass is 16.5. The van der Waals surface area contributed by atoms with Gasteiger partial charge in [0.2, 0.25) is 5.91 Å². The fraction of sp³-hybridized carbons (Fsp3) is 0.206. The molecule has 0 aliphatic heterocycles. The molecule has 0 saturated heterocycles. The third-order valence-electron chi connectivity index (χ3n) is 7.37. The maximum Gasteiger partial charge on any atom is 0.253 e. The zero-order valence-electron chi connectivity index (χ0n) is 25.0. The van der Waals surface area contributed by atoms with Crippen LogP contribution >= 0.6 is 0 Å². The fourth-order valence-electron chi connectivity index (χ4n) is 5.09. The van der Waals surface area contributed by atoms with E-state index in [4.69, 9.17) is 26.9 Å². The van der Waals surface area contributed by atoms with Gasteiger partial charge >= 0.3 is 0 Å². The van der Waals surface area contributed by atoms with Crippen molar-refractivity contribution in [3.05, 3.63) is 108 Å². The second-order valence-corrected chi connectivity index (χ2v) is 10.6. The number of pyridine rings is 1. The van der Waals surface area contributed by atoms with E-state index in [1.54, 1.807) is 30.3 Å². The van der Waals surface area contributed by atoms with E-state index in [0.29, 0.717) is 66.3 Å². The summed E-state index contributed by atoms with van der Waals surface area (Å²) in [5.41, 5.74) is 20.3. The standard InChI is InChI=1S/C34H36N8O3/c1-41(21-18-25-8-5-6-19-38-25)33(44)24-14-17-29-28(22-24)40-32(42(29)30(31(35)43)11-7-20-39-34(36)37)23-12-15-27(16-13-23)45-26-9-3-2-4-10-26/h2-6,8-10,12-17,19,22,30H,7,11,18,20-21H2,1H3,(H2,35,43)(H4,36,37,39)/t30-/m0/s1. The van der Waals surface area contributed by atoms with Crippen LogP contribution in [0.3, 0.4) is 0 Å². The number of carbonyl (C=O) groups is 2. The quantitative estimate of drug-likeness (QED) is 0.102. The van der Waals surface area contributed by atoms with E-state index in [-0.39, 0.29) is 11.9 Å². The molecule has 0 bridgehead atoms. The Kier molecular flexibility index (Phi) is 9.68. The van der Waals surface area contributed by atoms with E-state index in [1.807, 2.05) is 83.4 Å². The van der Waals surface area contributed by atoms with Gasteiger partial charge in [-0.25, -0.2) is 4.98 Å². The third-order valence-corrected chi connectivity index (χ3v) is 7.37. The minimum atomic E-state index is -0.734. The maximum atomic E-state index is 13.4. The summed E-state index contributed by atoms with van der Waals surface area (Å²) in [7, 11) is 1.76. The van der Waals surface area contributed by atoms with Crippen LogP contribution in [0.5, 0.6) is 11.5 Å². The summed E-state index contributed by atoms with van der Waals surface area (Å²) in [6, 6.07) is 27.2. The van der Waals surface area contributed by atoms with E-state index in [1.165, 1.54) is 0 Å². The summed E-state index contributed by atoms with van der Waals surface area (Å²) in [4.78, 5) is 41.2. The Morgan fingerprint density at radius 1 is 0.933 bits per heavy atom. The zero-order valence-corrected chi connectivity index (χ0v) is 25.0. The molecule has 6 N–H and O–H groups in total. The lowest BCUT2D eigenvalue weighted by Gasteiger charge is -2.19. The van der Waals surface area contributed by atoms with Crippen molar-refractivity contribution in [2.75, 3.05) is 20.1 Å². The molecule has 0 fully saturated rings. The molecule has 0 radical (unpaired) electrons. The maximum absolute atomic E-state index is 13.4. The Bertz CT molecular complexity index is 1780.